The molecule has 3 saturated carbocycles. The minimum absolute atomic E-state index is 0.0583. The maximum atomic E-state index is 12.9. The van der Waals surface area contributed by atoms with E-state index >= 15 is 0 Å². The van der Waals surface area contributed by atoms with Gasteiger partial charge in [-0.05, 0) is 95.8 Å². The number of rotatable bonds is 9. The number of hydrogen-bond donors (Lipinski definition) is 13. The largest absolute Gasteiger partial charge is 0.394 e. The van der Waals surface area contributed by atoms with Crippen molar-refractivity contribution in [3.63, 3.8) is 0 Å². The van der Waals surface area contributed by atoms with Gasteiger partial charge in [0.05, 0.1) is 49.8 Å². The highest BCUT2D eigenvalue weighted by molar-refractivity contribution is 5.29. The van der Waals surface area contributed by atoms with Crippen molar-refractivity contribution in [3.8, 4) is 0 Å². The number of hydrogen-bond acceptors (Lipinski definition) is 23. The molecule has 1 spiro atoms. The molecule has 0 aromatic heterocycles. The van der Waals surface area contributed by atoms with Crippen LogP contribution in [-0.4, -0.2) is 238 Å². The van der Waals surface area contributed by atoms with Crippen LogP contribution in [-0.2, 0) is 47.4 Å². The van der Waals surface area contributed by atoms with E-state index in [2.05, 4.69) is 19.9 Å². The molecule has 10 aliphatic rings. The third-order valence-electron chi connectivity index (χ3n) is 20.2. The fraction of sp³-hybridized carbons (Fsp3) is 0.961. The minimum Gasteiger partial charge on any atom is -0.394 e. The highest BCUT2D eigenvalue weighted by Gasteiger charge is 2.77. The molecule has 6 aliphatic heterocycles. The first-order valence-electron chi connectivity index (χ1n) is 26.8. The van der Waals surface area contributed by atoms with E-state index in [-0.39, 0.29) is 36.2 Å². The SMILES string of the molecule is CC1OC(OC2C(C)OC(OC3C(CO)OC(OC4CCC5(C)C(=CCC6C5CCC5(C)C6CC6OC7(CC(O)C(C)(O)CO7)C(C)C65O)C4)C(OC4OC(C)C(O)C(O)C4O)C3O)C(O)C2O)C(O)C(O)C1O. The molecule has 32 unspecified atom stereocenters. The molecular formula is C51H82O23. The average Bonchev–Trinajstić information content (AvgIpc) is 3.71. The lowest BCUT2D eigenvalue weighted by Gasteiger charge is -2.60. The topological polar surface area (TPSA) is 355 Å². The molecule has 0 radical (unpaired) electrons. The van der Waals surface area contributed by atoms with Crippen LogP contribution in [0.1, 0.15) is 99.8 Å². The summed E-state index contributed by atoms with van der Waals surface area (Å²) in [6, 6.07) is 0. The van der Waals surface area contributed by atoms with Crippen molar-refractivity contribution in [2.75, 3.05) is 13.2 Å². The van der Waals surface area contributed by atoms with Crippen LogP contribution in [0.2, 0.25) is 0 Å². The lowest BCUT2D eigenvalue weighted by atomic mass is 9.46. The van der Waals surface area contributed by atoms with Gasteiger partial charge in [0.1, 0.15) is 90.6 Å². The molecule has 32 atom stereocenters. The molecule has 6 heterocycles. The number of aliphatic hydroxyl groups excluding tert-OH is 11. The summed E-state index contributed by atoms with van der Waals surface area (Å²) in [7, 11) is 0. The van der Waals surface area contributed by atoms with E-state index in [9.17, 15) is 66.4 Å². The maximum absolute atomic E-state index is 12.9. The third-order valence-corrected chi connectivity index (χ3v) is 20.2. The summed E-state index contributed by atoms with van der Waals surface area (Å²) < 4.78 is 61.4. The number of allylic oxidation sites excluding steroid dienone is 1. The molecule has 6 saturated heterocycles. The van der Waals surface area contributed by atoms with Gasteiger partial charge in [0.25, 0.3) is 0 Å². The molecule has 23 nitrogen and oxygen atoms in total. The zero-order chi connectivity index (χ0) is 53.5. The molecule has 0 aromatic carbocycles. The summed E-state index contributed by atoms with van der Waals surface area (Å²) in [4.78, 5) is 0. The van der Waals surface area contributed by atoms with Crippen molar-refractivity contribution in [1.29, 1.82) is 0 Å². The first kappa shape index (κ1) is 56.1. The van der Waals surface area contributed by atoms with E-state index in [1.54, 1.807) is 0 Å². The van der Waals surface area contributed by atoms with Gasteiger partial charge in [0, 0.05) is 17.8 Å². The van der Waals surface area contributed by atoms with Crippen molar-refractivity contribution >= 4 is 0 Å². The van der Waals surface area contributed by atoms with E-state index in [1.165, 1.54) is 33.3 Å². The molecule has 23 heteroatoms. The van der Waals surface area contributed by atoms with Gasteiger partial charge in [-0.15, -0.1) is 0 Å². The molecule has 13 N–H and O–H groups in total. The van der Waals surface area contributed by atoms with Gasteiger partial charge in [0.2, 0.25) is 0 Å². The van der Waals surface area contributed by atoms with Crippen molar-refractivity contribution < 1.29 is 114 Å². The van der Waals surface area contributed by atoms with Crippen LogP contribution in [0, 0.1) is 34.5 Å². The summed E-state index contributed by atoms with van der Waals surface area (Å²) >= 11 is 0. The van der Waals surface area contributed by atoms with Crippen LogP contribution in [0.4, 0.5) is 0 Å². The number of aliphatic hydroxyl groups is 13. The van der Waals surface area contributed by atoms with Gasteiger partial charge in [-0.2, -0.15) is 0 Å². The lowest BCUT2D eigenvalue weighted by Crippen LogP contribution is -2.67. The summed E-state index contributed by atoms with van der Waals surface area (Å²) in [5.74, 6) is -1.00. The fourth-order valence-corrected chi connectivity index (χ4v) is 15.3. The van der Waals surface area contributed by atoms with Crippen LogP contribution in [0.15, 0.2) is 11.6 Å². The van der Waals surface area contributed by atoms with E-state index in [1.807, 2.05) is 6.92 Å². The average molecular weight is 1060 g/mol. The molecule has 74 heavy (non-hydrogen) atoms. The quantitative estimate of drug-likeness (QED) is 0.104. The first-order valence-corrected chi connectivity index (χ1v) is 26.8. The second-order valence-corrected chi connectivity index (χ2v) is 24.4. The molecular weight excluding hydrogens is 981 g/mol. The van der Waals surface area contributed by atoms with Gasteiger partial charge >= 0.3 is 0 Å². The Hall–Kier alpha value is -1.18. The van der Waals surface area contributed by atoms with Crippen molar-refractivity contribution in [2.45, 2.75) is 258 Å². The predicted octanol–water partition coefficient (Wildman–Crippen LogP) is -2.71. The Morgan fingerprint density at radius 2 is 1.19 bits per heavy atom. The van der Waals surface area contributed by atoms with Crippen molar-refractivity contribution in [3.05, 3.63) is 11.6 Å². The zero-order valence-corrected chi connectivity index (χ0v) is 43.1. The predicted molar refractivity (Wildman–Crippen MR) is 248 cm³/mol. The standard InChI is InChI=1S/C51H82O23/c1-19-31(54)33(56)36(59)43(66-19)71-40-21(3)68-45(38(61)35(40)58)72-41-28(17-52)70-46(42(39(41)62)73-44-37(60)34(57)32(55)20(2)67-44)69-24-10-12-47(5)23(14-24)8-9-25-26(47)11-13-48(6)27(25)15-30-51(48,64)22(4)50(74-30)16-29(53)49(7,63)18-65-50/h8,19-22,24-46,52-64H,9-18H2,1-7H3. The van der Waals surface area contributed by atoms with Gasteiger partial charge in [-0.3, -0.25) is 0 Å². The molecule has 0 amide bonds. The van der Waals surface area contributed by atoms with E-state index in [0.29, 0.717) is 19.3 Å². The van der Waals surface area contributed by atoms with Gasteiger partial charge < -0.3 is 114 Å². The second kappa shape index (κ2) is 20.1. The maximum Gasteiger partial charge on any atom is 0.187 e. The molecule has 4 aliphatic carbocycles. The highest BCUT2D eigenvalue weighted by atomic mass is 16.8. The van der Waals surface area contributed by atoms with Gasteiger partial charge in [-0.25, -0.2) is 0 Å². The molecule has 424 valence electrons. The van der Waals surface area contributed by atoms with Gasteiger partial charge in [0.15, 0.2) is 30.9 Å². The Morgan fingerprint density at radius 3 is 1.80 bits per heavy atom. The van der Waals surface area contributed by atoms with Crippen LogP contribution in [0.3, 0.4) is 0 Å². The van der Waals surface area contributed by atoms with Crippen LogP contribution < -0.4 is 0 Å². The van der Waals surface area contributed by atoms with E-state index in [0.717, 1.165) is 25.7 Å². The first-order chi connectivity index (χ1) is 34.7. The lowest BCUT2D eigenvalue weighted by molar-refractivity contribution is -0.394. The summed E-state index contributed by atoms with van der Waals surface area (Å²) in [6.07, 6.45) is -25.3. The smallest absolute Gasteiger partial charge is 0.187 e. The Labute approximate surface area is 430 Å². The second-order valence-electron chi connectivity index (χ2n) is 24.4. The number of fused-ring (bicyclic) bond motifs is 7. The van der Waals surface area contributed by atoms with Crippen LogP contribution in [0.5, 0.6) is 0 Å². The zero-order valence-electron chi connectivity index (χ0n) is 43.1. The minimum atomic E-state index is -1.88. The third kappa shape index (κ3) is 8.82. The van der Waals surface area contributed by atoms with Crippen LogP contribution >= 0.6 is 0 Å². The fourth-order valence-electron chi connectivity index (χ4n) is 15.3. The molecule has 9 fully saturated rings. The molecule has 10 rings (SSSR count). The summed E-state index contributed by atoms with van der Waals surface area (Å²) in [5, 5.41) is 143. The monoisotopic (exact) mass is 1060 g/mol. The van der Waals surface area contributed by atoms with Gasteiger partial charge in [-0.1, -0.05) is 32.4 Å². The molecule has 0 aromatic rings. The van der Waals surface area contributed by atoms with Crippen LogP contribution in [0.25, 0.3) is 0 Å². The Balaban J connectivity index is 0.841. The van der Waals surface area contributed by atoms with Crippen molar-refractivity contribution in [2.24, 2.45) is 34.5 Å². The Kier molecular flexibility index (Phi) is 15.3. The summed E-state index contributed by atoms with van der Waals surface area (Å²) in [5.41, 5.74) is -2.16. The Bertz CT molecular complexity index is 2040. The van der Waals surface area contributed by atoms with E-state index < -0.39 is 176 Å². The Morgan fingerprint density at radius 1 is 0.608 bits per heavy atom. The normalized spacial score (nSPS) is 59.6. The summed E-state index contributed by atoms with van der Waals surface area (Å²) in [6.45, 7) is 11.5. The van der Waals surface area contributed by atoms with Crippen molar-refractivity contribution in [1.82, 2.24) is 0 Å². The van der Waals surface area contributed by atoms with E-state index in [4.69, 9.17) is 47.4 Å². The highest BCUT2D eigenvalue weighted by Crippen LogP contribution is 2.72. The molecule has 0 bridgehead atoms. The number of ether oxygens (including phenoxy) is 10.